The first-order valence-corrected chi connectivity index (χ1v) is 9.68. The summed E-state index contributed by atoms with van der Waals surface area (Å²) in [5.74, 6) is 1.89. The molecule has 1 aliphatic rings. The molecule has 0 unspecified atom stereocenters. The summed E-state index contributed by atoms with van der Waals surface area (Å²) < 4.78 is 13.0. The number of nitrogens with zero attached hydrogens (tertiary/aromatic N) is 4. The zero-order chi connectivity index (χ0) is 18.9. The van der Waals surface area contributed by atoms with E-state index in [0.29, 0.717) is 11.3 Å². The lowest BCUT2D eigenvalue weighted by Crippen LogP contribution is -2.04. The molecule has 0 radical (unpaired) electrons. The van der Waals surface area contributed by atoms with Gasteiger partial charge >= 0.3 is 0 Å². The largest absolute Gasteiger partial charge is 0.454 e. The Morgan fingerprint density at radius 3 is 2.79 bits per heavy atom. The molecule has 0 saturated carbocycles. The van der Waals surface area contributed by atoms with E-state index in [4.69, 9.17) is 20.2 Å². The summed E-state index contributed by atoms with van der Waals surface area (Å²) in [5.41, 5.74) is 8.66. The van der Waals surface area contributed by atoms with Crippen LogP contribution in [0.5, 0.6) is 11.5 Å². The van der Waals surface area contributed by atoms with Crippen LogP contribution in [0.15, 0.2) is 64.9 Å². The minimum absolute atomic E-state index is 0.255. The van der Waals surface area contributed by atoms with Crippen molar-refractivity contribution in [3.63, 3.8) is 0 Å². The number of anilines is 1. The second-order valence-electron chi connectivity index (χ2n) is 6.33. The van der Waals surface area contributed by atoms with Crippen molar-refractivity contribution >= 4 is 28.7 Å². The van der Waals surface area contributed by atoms with Crippen molar-refractivity contribution in [2.75, 3.05) is 12.5 Å². The second-order valence-corrected chi connectivity index (χ2v) is 7.37. The smallest absolute Gasteiger partial charge is 0.231 e. The van der Waals surface area contributed by atoms with Crippen molar-refractivity contribution in [2.24, 2.45) is 0 Å². The van der Waals surface area contributed by atoms with Gasteiger partial charge < -0.3 is 19.8 Å². The number of nitrogens with two attached hydrogens (primary N) is 1. The van der Waals surface area contributed by atoms with E-state index < -0.39 is 0 Å². The van der Waals surface area contributed by atoms with Crippen molar-refractivity contribution in [2.45, 2.75) is 23.0 Å². The molecular formula is C20H17N5O2S. The molecule has 0 fully saturated rings. The molecule has 1 aliphatic heterocycles. The van der Waals surface area contributed by atoms with Gasteiger partial charge in [-0.3, -0.25) is 0 Å². The average Bonchev–Trinajstić information content (AvgIpc) is 3.32. The standard InChI is InChI=1S/C20H17N5O2S/c21-18-17-19(23-11-22-18)25(9-8-13-4-2-1-3-5-13)20(24-17)28-14-6-7-15-16(10-14)27-12-26-15/h1-7,10-11H,8-9,12H2,(H2,21,22,23). The maximum absolute atomic E-state index is 6.04. The molecular weight excluding hydrogens is 374 g/mol. The first kappa shape index (κ1) is 16.9. The minimum Gasteiger partial charge on any atom is -0.454 e. The van der Waals surface area contributed by atoms with E-state index in [0.717, 1.165) is 40.2 Å². The number of aromatic nitrogens is 4. The molecule has 2 aromatic heterocycles. The van der Waals surface area contributed by atoms with Gasteiger partial charge in [-0.25, -0.2) is 15.0 Å². The van der Waals surface area contributed by atoms with Crippen LogP contribution in [0, 0.1) is 0 Å². The Labute approximate surface area is 165 Å². The van der Waals surface area contributed by atoms with Crippen LogP contribution >= 0.6 is 11.8 Å². The number of nitrogen functional groups attached to an aromatic ring is 1. The van der Waals surface area contributed by atoms with Gasteiger partial charge in [0, 0.05) is 11.4 Å². The van der Waals surface area contributed by atoms with Gasteiger partial charge in [-0.05, 0) is 30.2 Å². The van der Waals surface area contributed by atoms with E-state index in [2.05, 4.69) is 26.7 Å². The third kappa shape index (κ3) is 3.11. The number of rotatable bonds is 5. The fourth-order valence-corrected chi connectivity index (χ4v) is 4.08. The molecule has 8 heteroatoms. The molecule has 28 heavy (non-hydrogen) atoms. The number of hydrogen-bond donors (Lipinski definition) is 1. The lowest BCUT2D eigenvalue weighted by atomic mass is 10.1. The van der Waals surface area contributed by atoms with Crippen LogP contribution in [0.4, 0.5) is 5.82 Å². The maximum Gasteiger partial charge on any atom is 0.231 e. The summed E-state index contributed by atoms with van der Waals surface area (Å²) in [4.78, 5) is 14.2. The van der Waals surface area contributed by atoms with Crippen LogP contribution in [-0.2, 0) is 13.0 Å². The van der Waals surface area contributed by atoms with Crippen LogP contribution in [0.25, 0.3) is 11.2 Å². The third-order valence-electron chi connectivity index (χ3n) is 4.55. The first-order valence-electron chi connectivity index (χ1n) is 8.86. The van der Waals surface area contributed by atoms with Crippen molar-refractivity contribution in [1.82, 2.24) is 19.5 Å². The van der Waals surface area contributed by atoms with E-state index >= 15 is 0 Å². The van der Waals surface area contributed by atoms with E-state index in [1.165, 1.54) is 11.9 Å². The predicted octanol–water partition coefficient (Wildman–Crippen LogP) is 3.53. The predicted molar refractivity (Wildman–Crippen MR) is 107 cm³/mol. The molecule has 0 amide bonds. The van der Waals surface area contributed by atoms with Gasteiger partial charge in [-0.15, -0.1) is 0 Å². The van der Waals surface area contributed by atoms with E-state index in [9.17, 15) is 0 Å². The average molecular weight is 391 g/mol. The number of imidazole rings is 1. The Kier molecular flexibility index (Phi) is 4.25. The van der Waals surface area contributed by atoms with Crippen molar-refractivity contribution in [1.29, 1.82) is 0 Å². The molecule has 3 heterocycles. The van der Waals surface area contributed by atoms with Gasteiger partial charge in [-0.2, -0.15) is 0 Å². The van der Waals surface area contributed by atoms with Crippen molar-refractivity contribution < 1.29 is 9.47 Å². The van der Waals surface area contributed by atoms with Gasteiger partial charge in [0.1, 0.15) is 6.33 Å². The zero-order valence-electron chi connectivity index (χ0n) is 14.9. The highest BCUT2D eigenvalue weighted by Gasteiger charge is 2.18. The molecule has 2 aromatic carbocycles. The Morgan fingerprint density at radius 2 is 1.89 bits per heavy atom. The molecule has 0 atom stereocenters. The highest BCUT2D eigenvalue weighted by Crippen LogP contribution is 2.38. The van der Waals surface area contributed by atoms with Crippen molar-refractivity contribution in [3.05, 3.63) is 60.4 Å². The van der Waals surface area contributed by atoms with Gasteiger partial charge in [0.15, 0.2) is 33.6 Å². The summed E-state index contributed by atoms with van der Waals surface area (Å²) in [6.07, 6.45) is 2.35. The van der Waals surface area contributed by atoms with Crippen LogP contribution in [0.1, 0.15) is 5.56 Å². The molecule has 0 saturated heterocycles. The summed E-state index contributed by atoms with van der Waals surface area (Å²) in [5, 5.41) is 0.817. The molecule has 0 spiro atoms. The van der Waals surface area contributed by atoms with Crippen LogP contribution in [0.3, 0.4) is 0 Å². The first-order chi connectivity index (χ1) is 13.8. The number of ether oxygens (including phenoxy) is 2. The van der Waals surface area contributed by atoms with Crippen molar-refractivity contribution in [3.8, 4) is 11.5 Å². The molecule has 7 nitrogen and oxygen atoms in total. The summed E-state index contributed by atoms with van der Waals surface area (Å²) in [6, 6.07) is 16.2. The molecule has 2 N–H and O–H groups in total. The Balaban J connectivity index is 1.51. The molecule has 140 valence electrons. The summed E-state index contributed by atoms with van der Waals surface area (Å²) in [7, 11) is 0. The Bertz CT molecular complexity index is 1150. The fourth-order valence-electron chi connectivity index (χ4n) is 3.14. The maximum atomic E-state index is 6.04. The molecule has 0 aliphatic carbocycles. The molecule has 4 aromatic rings. The van der Waals surface area contributed by atoms with Crippen LogP contribution in [0.2, 0.25) is 0 Å². The van der Waals surface area contributed by atoms with Crippen LogP contribution in [-0.4, -0.2) is 26.3 Å². The van der Waals surface area contributed by atoms with Gasteiger partial charge in [-0.1, -0.05) is 42.1 Å². The highest BCUT2D eigenvalue weighted by atomic mass is 32.2. The number of fused-ring (bicyclic) bond motifs is 2. The Morgan fingerprint density at radius 1 is 1.04 bits per heavy atom. The van der Waals surface area contributed by atoms with Gasteiger partial charge in [0.05, 0.1) is 0 Å². The van der Waals surface area contributed by atoms with E-state index in [1.807, 2.05) is 36.4 Å². The molecule has 5 rings (SSSR count). The van der Waals surface area contributed by atoms with Gasteiger partial charge in [0.2, 0.25) is 6.79 Å². The lowest BCUT2D eigenvalue weighted by Gasteiger charge is -2.09. The Hall–Kier alpha value is -3.26. The SMILES string of the molecule is Nc1ncnc2c1nc(Sc1ccc3c(c1)OCO3)n2CCc1ccccc1. The molecule has 0 bridgehead atoms. The van der Waals surface area contributed by atoms with Crippen LogP contribution < -0.4 is 15.2 Å². The summed E-state index contributed by atoms with van der Waals surface area (Å²) >= 11 is 1.54. The minimum atomic E-state index is 0.255. The number of aryl methyl sites for hydroxylation is 2. The monoisotopic (exact) mass is 391 g/mol. The quantitative estimate of drug-likeness (QED) is 0.557. The topological polar surface area (TPSA) is 88.1 Å². The highest BCUT2D eigenvalue weighted by molar-refractivity contribution is 7.99. The number of benzene rings is 2. The second kappa shape index (κ2) is 7.05. The zero-order valence-corrected chi connectivity index (χ0v) is 15.7. The normalized spacial score (nSPS) is 12.6. The lowest BCUT2D eigenvalue weighted by molar-refractivity contribution is 0.174. The van der Waals surface area contributed by atoms with Gasteiger partial charge in [0.25, 0.3) is 0 Å². The number of hydrogen-bond acceptors (Lipinski definition) is 7. The summed E-state index contributed by atoms with van der Waals surface area (Å²) in [6.45, 7) is 0.995. The fraction of sp³-hybridized carbons (Fsp3) is 0.150. The van der Waals surface area contributed by atoms with E-state index in [-0.39, 0.29) is 6.79 Å². The van der Waals surface area contributed by atoms with E-state index in [1.54, 1.807) is 11.8 Å². The third-order valence-corrected chi connectivity index (χ3v) is 5.53.